The molecular weight excluding hydrogens is 394 g/mol. The zero-order valence-electron chi connectivity index (χ0n) is 14.5. The Hall–Kier alpha value is -1.70. The highest BCUT2D eigenvalue weighted by Gasteiger charge is 2.19. The number of rotatable bonds is 8. The number of nitrogens with one attached hydrogen (secondary N) is 1. The van der Waals surface area contributed by atoms with Crippen LogP contribution in [0.3, 0.4) is 0 Å². The maximum atomic E-state index is 12.7. The molecule has 0 unspecified atom stereocenters. The fraction of sp³-hybridized carbons (Fsp3) is 0.278. The number of carbonyl (C=O) groups is 1. The molecule has 26 heavy (non-hydrogen) atoms. The summed E-state index contributed by atoms with van der Waals surface area (Å²) in [6.45, 7) is 2.38. The van der Waals surface area contributed by atoms with Gasteiger partial charge in [0.2, 0.25) is 0 Å². The van der Waals surface area contributed by atoms with Crippen LogP contribution in [-0.4, -0.2) is 27.2 Å². The molecule has 2 aromatic rings. The van der Waals surface area contributed by atoms with Crippen LogP contribution in [0.25, 0.3) is 0 Å². The van der Waals surface area contributed by atoms with Crippen molar-refractivity contribution < 1.29 is 17.9 Å². The van der Waals surface area contributed by atoms with Crippen LogP contribution in [0.1, 0.15) is 30.1 Å². The van der Waals surface area contributed by atoms with Crippen LogP contribution < -0.4 is 4.72 Å². The fourth-order valence-corrected chi connectivity index (χ4v) is 4.59. The van der Waals surface area contributed by atoms with Crippen molar-refractivity contribution in [1.82, 2.24) is 0 Å². The van der Waals surface area contributed by atoms with E-state index in [9.17, 15) is 13.2 Å². The van der Waals surface area contributed by atoms with Crippen LogP contribution >= 0.6 is 23.4 Å². The molecule has 5 nitrogen and oxygen atoms in total. The van der Waals surface area contributed by atoms with E-state index in [1.54, 1.807) is 18.4 Å². The topological polar surface area (TPSA) is 72.5 Å². The summed E-state index contributed by atoms with van der Waals surface area (Å²) in [6, 6.07) is 10.8. The summed E-state index contributed by atoms with van der Waals surface area (Å²) in [5, 5.41) is 0.341. The molecule has 0 bridgehead atoms. The van der Waals surface area contributed by atoms with Gasteiger partial charge in [-0.2, -0.15) is 0 Å². The van der Waals surface area contributed by atoms with Gasteiger partial charge in [-0.1, -0.05) is 24.9 Å². The van der Waals surface area contributed by atoms with Gasteiger partial charge in [-0.25, -0.2) is 13.2 Å². The van der Waals surface area contributed by atoms with E-state index in [1.165, 1.54) is 42.1 Å². The highest BCUT2D eigenvalue weighted by atomic mass is 35.5. The summed E-state index contributed by atoms with van der Waals surface area (Å²) in [6.07, 6.45) is 3.54. The highest BCUT2D eigenvalue weighted by molar-refractivity contribution is 7.99. The van der Waals surface area contributed by atoms with E-state index in [0.717, 1.165) is 12.8 Å². The van der Waals surface area contributed by atoms with Crippen LogP contribution in [0.5, 0.6) is 0 Å². The van der Waals surface area contributed by atoms with Gasteiger partial charge in [0.15, 0.2) is 0 Å². The average Bonchev–Trinajstić information content (AvgIpc) is 2.62. The number of halogens is 1. The minimum atomic E-state index is -3.80. The maximum Gasteiger partial charge on any atom is 0.338 e. The zero-order chi connectivity index (χ0) is 19.2. The minimum absolute atomic E-state index is 0.112. The number of carbonyl (C=O) groups excluding carboxylic acids is 1. The van der Waals surface area contributed by atoms with E-state index in [1.807, 2.05) is 6.92 Å². The number of anilines is 1. The van der Waals surface area contributed by atoms with E-state index in [2.05, 4.69) is 4.72 Å². The Bertz CT molecular complexity index is 867. The smallest absolute Gasteiger partial charge is 0.338 e. The third-order valence-corrected chi connectivity index (χ3v) is 6.10. The second kappa shape index (κ2) is 9.30. The van der Waals surface area contributed by atoms with Crippen LogP contribution in [0.2, 0.25) is 5.02 Å². The minimum Gasteiger partial charge on any atom is -0.462 e. The van der Waals surface area contributed by atoms with Gasteiger partial charge in [0, 0.05) is 15.6 Å². The normalized spacial score (nSPS) is 11.2. The third-order valence-electron chi connectivity index (χ3n) is 3.52. The molecule has 0 aliphatic rings. The Morgan fingerprint density at radius 1 is 1.19 bits per heavy atom. The van der Waals surface area contributed by atoms with Gasteiger partial charge < -0.3 is 4.74 Å². The van der Waals surface area contributed by atoms with Gasteiger partial charge in [-0.3, -0.25) is 4.72 Å². The van der Waals surface area contributed by atoms with Crippen molar-refractivity contribution in [3.8, 4) is 0 Å². The predicted molar refractivity (Wildman–Crippen MR) is 106 cm³/mol. The first-order valence-electron chi connectivity index (χ1n) is 8.01. The number of hydrogen-bond donors (Lipinski definition) is 1. The molecule has 0 aromatic heterocycles. The quantitative estimate of drug-likeness (QED) is 0.381. The van der Waals surface area contributed by atoms with Gasteiger partial charge in [0.25, 0.3) is 10.0 Å². The molecule has 0 radical (unpaired) electrons. The molecule has 8 heteroatoms. The standard InChI is InChI=1S/C18H20ClNO4S2/c1-3-4-11-24-18(21)13-5-8-15(9-6-13)20-26(22,23)17-12-14(19)7-10-16(17)25-2/h5-10,12,20H,3-4,11H2,1-2H3. The SMILES string of the molecule is CCCCOC(=O)c1ccc(NS(=O)(=O)c2cc(Cl)ccc2SC)cc1. The van der Waals surface area contributed by atoms with Gasteiger partial charge >= 0.3 is 5.97 Å². The summed E-state index contributed by atoms with van der Waals surface area (Å²) in [4.78, 5) is 12.6. The molecule has 0 aliphatic carbocycles. The molecule has 0 saturated heterocycles. The Labute approximate surface area is 163 Å². The lowest BCUT2D eigenvalue weighted by atomic mass is 10.2. The van der Waals surface area contributed by atoms with E-state index < -0.39 is 16.0 Å². The van der Waals surface area contributed by atoms with Crippen molar-refractivity contribution in [1.29, 1.82) is 0 Å². The number of benzene rings is 2. The summed E-state index contributed by atoms with van der Waals surface area (Å²) in [7, 11) is -3.80. The molecular formula is C18H20ClNO4S2. The monoisotopic (exact) mass is 413 g/mol. The van der Waals surface area contributed by atoms with Crippen molar-refractivity contribution in [3.05, 3.63) is 53.1 Å². The summed E-state index contributed by atoms with van der Waals surface area (Å²) in [5.74, 6) is -0.424. The van der Waals surface area contributed by atoms with E-state index >= 15 is 0 Å². The molecule has 0 atom stereocenters. The second-order valence-corrected chi connectivity index (χ2v) is 8.40. The predicted octanol–water partition coefficient (Wildman–Crippen LogP) is 4.82. The Kier molecular flexibility index (Phi) is 7.37. The fourth-order valence-electron chi connectivity index (χ4n) is 2.14. The van der Waals surface area contributed by atoms with Gasteiger partial charge in [-0.05, 0) is 55.1 Å². The molecule has 0 fully saturated rings. The van der Waals surface area contributed by atoms with E-state index in [4.69, 9.17) is 16.3 Å². The number of sulfonamides is 1. The number of thioether (sulfide) groups is 1. The first kappa shape index (κ1) is 20.6. The highest BCUT2D eigenvalue weighted by Crippen LogP contribution is 2.29. The molecule has 0 aliphatic heterocycles. The van der Waals surface area contributed by atoms with Crippen LogP contribution in [0.15, 0.2) is 52.3 Å². The van der Waals surface area contributed by atoms with Crippen molar-refractivity contribution in [2.45, 2.75) is 29.6 Å². The Morgan fingerprint density at radius 3 is 2.50 bits per heavy atom. The number of unbranched alkanes of at least 4 members (excludes halogenated alkanes) is 1. The summed E-state index contributed by atoms with van der Waals surface area (Å²) >= 11 is 7.26. The van der Waals surface area contributed by atoms with E-state index in [-0.39, 0.29) is 4.90 Å². The zero-order valence-corrected chi connectivity index (χ0v) is 16.9. The third kappa shape index (κ3) is 5.40. The van der Waals surface area contributed by atoms with Gasteiger partial charge in [0.05, 0.1) is 12.2 Å². The van der Waals surface area contributed by atoms with Gasteiger partial charge in [0.1, 0.15) is 4.90 Å². The maximum absolute atomic E-state index is 12.7. The molecule has 0 saturated carbocycles. The Morgan fingerprint density at radius 2 is 1.88 bits per heavy atom. The first-order chi connectivity index (χ1) is 12.4. The average molecular weight is 414 g/mol. The number of ether oxygens (including phenoxy) is 1. The molecule has 0 amide bonds. The molecule has 0 spiro atoms. The summed E-state index contributed by atoms with van der Waals surface area (Å²) in [5.41, 5.74) is 0.721. The lowest BCUT2D eigenvalue weighted by molar-refractivity contribution is 0.0500. The lowest BCUT2D eigenvalue weighted by Gasteiger charge is -2.12. The first-order valence-corrected chi connectivity index (χ1v) is 11.1. The summed E-state index contributed by atoms with van der Waals surface area (Å²) < 4.78 is 32.9. The molecule has 2 rings (SSSR count). The lowest BCUT2D eigenvalue weighted by Crippen LogP contribution is -2.14. The Balaban J connectivity index is 2.15. The van der Waals surface area contributed by atoms with Crippen LogP contribution in [0.4, 0.5) is 5.69 Å². The van der Waals surface area contributed by atoms with E-state index in [0.29, 0.717) is 27.8 Å². The number of esters is 1. The van der Waals surface area contributed by atoms with Crippen LogP contribution in [-0.2, 0) is 14.8 Å². The van der Waals surface area contributed by atoms with Crippen molar-refractivity contribution in [2.75, 3.05) is 17.6 Å². The molecule has 2 aromatic carbocycles. The molecule has 1 N–H and O–H groups in total. The number of hydrogen-bond acceptors (Lipinski definition) is 5. The van der Waals surface area contributed by atoms with Crippen molar-refractivity contribution >= 4 is 45.0 Å². The van der Waals surface area contributed by atoms with Gasteiger partial charge in [-0.15, -0.1) is 11.8 Å². The van der Waals surface area contributed by atoms with Crippen molar-refractivity contribution in [2.24, 2.45) is 0 Å². The largest absolute Gasteiger partial charge is 0.462 e. The molecule has 0 heterocycles. The molecule has 140 valence electrons. The van der Waals surface area contributed by atoms with Crippen molar-refractivity contribution in [3.63, 3.8) is 0 Å². The van der Waals surface area contributed by atoms with Crippen LogP contribution in [0, 0.1) is 0 Å². The second-order valence-electron chi connectivity index (χ2n) is 5.47.